The number of likely N-dealkylation sites (N-methyl/N-ethyl adjacent to an activating group) is 1. The van der Waals surface area contributed by atoms with Crippen LogP contribution in [0.5, 0.6) is 5.88 Å². The number of urea groups is 1. The predicted octanol–water partition coefficient (Wildman–Crippen LogP) is 4.59. The number of benzene rings is 2. The number of aromatic nitrogens is 2. The minimum absolute atomic E-state index is 0. The van der Waals surface area contributed by atoms with Gasteiger partial charge in [-0.25, -0.2) is 18.3 Å². The first-order chi connectivity index (χ1) is 20.8. The van der Waals surface area contributed by atoms with E-state index in [1.165, 1.54) is 6.07 Å². The standard InChI is InChI=1S/C31H41F2N7O3.3ClH/c1-22-29(40(24-7-5-4-6-8-24)36-30(22)43-18-16-38-13-11-37(2)12-14-38)35-31(41)34-28-21-39(15-17-42-3)20-25(28)23-9-10-26(32)27(33)19-23;;;/h4-10,19,25,28H,11-18,20-21H2,1-3H3,(H2,34,35,41);3*1H/t25-,28+;;;/m0.../s1. The van der Waals surface area contributed by atoms with Crippen molar-refractivity contribution in [3.63, 3.8) is 0 Å². The molecule has 5 rings (SSSR count). The fourth-order valence-electron chi connectivity index (χ4n) is 5.69. The number of likely N-dealkylation sites (tertiary alicyclic amines) is 1. The van der Waals surface area contributed by atoms with Crippen LogP contribution < -0.4 is 15.4 Å². The van der Waals surface area contributed by atoms with Crippen LogP contribution in [-0.4, -0.2) is 116 Å². The Morgan fingerprint density at radius 3 is 2.30 bits per heavy atom. The van der Waals surface area contributed by atoms with E-state index < -0.39 is 17.7 Å². The summed E-state index contributed by atoms with van der Waals surface area (Å²) < 4.78 is 40.9. The van der Waals surface area contributed by atoms with Crippen LogP contribution in [0, 0.1) is 18.6 Å². The maximum Gasteiger partial charge on any atom is 0.320 e. The van der Waals surface area contributed by atoms with Gasteiger partial charge in [-0.3, -0.25) is 15.1 Å². The molecule has 256 valence electrons. The number of halogens is 5. The lowest BCUT2D eigenvalue weighted by Crippen LogP contribution is -2.45. The Balaban J connectivity index is 0.00000245. The summed E-state index contributed by atoms with van der Waals surface area (Å²) in [6.45, 7) is 9.52. The molecule has 3 heterocycles. The van der Waals surface area contributed by atoms with Crippen molar-refractivity contribution in [2.75, 3.05) is 85.0 Å². The van der Waals surface area contributed by atoms with E-state index in [9.17, 15) is 13.6 Å². The molecular formula is C31H44Cl3F2N7O3. The van der Waals surface area contributed by atoms with Gasteiger partial charge in [-0.05, 0) is 43.8 Å². The fraction of sp³-hybridized carbons (Fsp3) is 0.484. The molecule has 2 amide bonds. The number of para-hydroxylation sites is 1. The molecule has 2 aliphatic rings. The number of anilines is 1. The summed E-state index contributed by atoms with van der Waals surface area (Å²) in [5.74, 6) is -1.08. The molecule has 2 aliphatic heterocycles. The molecule has 1 aromatic heterocycles. The Kier molecular flexibility index (Phi) is 15.9. The monoisotopic (exact) mass is 705 g/mol. The molecule has 0 saturated carbocycles. The second-order valence-corrected chi connectivity index (χ2v) is 11.3. The predicted molar refractivity (Wildman–Crippen MR) is 183 cm³/mol. The van der Waals surface area contributed by atoms with Gasteiger partial charge in [0.25, 0.3) is 0 Å². The van der Waals surface area contributed by atoms with Gasteiger partial charge in [0.05, 0.1) is 23.9 Å². The summed E-state index contributed by atoms with van der Waals surface area (Å²) in [4.78, 5) is 20.3. The van der Waals surface area contributed by atoms with Crippen LogP contribution in [0.15, 0.2) is 48.5 Å². The van der Waals surface area contributed by atoms with Crippen LogP contribution in [0.1, 0.15) is 17.0 Å². The van der Waals surface area contributed by atoms with Gasteiger partial charge in [0.1, 0.15) is 12.4 Å². The highest BCUT2D eigenvalue weighted by Gasteiger charge is 2.35. The summed E-state index contributed by atoms with van der Waals surface area (Å²) in [5.41, 5.74) is 2.12. The van der Waals surface area contributed by atoms with E-state index in [0.29, 0.717) is 55.7 Å². The largest absolute Gasteiger partial charge is 0.475 e. The average Bonchev–Trinajstić information content (AvgIpc) is 3.55. The summed E-state index contributed by atoms with van der Waals surface area (Å²) in [7, 11) is 3.76. The number of ether oxygens (including phenoxy) is 2. The van der Waals surface area contributed by atoms with Gasteiger partial charge in [-0.1, -0.05) is 24.3 Å². The smallest absolute Gasteiger partial charge is 0.320 e. The van der Waals surface area contributed by atoms with Crippen molar-refractivity contribution in [3.8, 4) is 11.6 Å². The lowest BCUT2D eigenvalue weighted by atomic mass is 9.94. The first-order valence-electron chi connectivity index (χ1n) is 14.7. The van der Waals surface area contributed by atoms with Crippen molar-refractivity contribution in [1.82, 2.24) is 29.8 Å². The number of nitrogens with zero attached hydrogens (tertiary/aromatic N) is 5. The molecule has 0 spiro atoms. The highest BCUT2D eigenvalue weighted by atomic mass is 35.5. The molecule has 2 aromatic carbocycles. The second kappa shape index (κ2) is 18.6. The second-order valence-electron chi connectivity index (χ2n) is 11.3. The van der Waals surface area contributed by atoms with Gasteiger partial charge in [-0.15, -0.1) is 42.3 Å². The molecule has 2 atom stereocenters. The minimum atomic E-state index is -0.904. The van der Waals surface area contributed by atoms with Gasteiger partial charge >= 0.3 is 6.03 Å². The number of carbonyl (C=O) groups excluding carboxylic acids is 1. The quantitative estimate of drug-likeness (QED) is 0.302. The molecular weight excluding hydrogens is 663 g/mol. The van der Waals surface area contributed by atoms with Crippen LogP contribution in [0.3, 0.4) is 0 Å². The van der Waals surface area contributed by atoms with E-state index >= 15 is 0 Å². The lowest BCUT2D eigenvalue weighted by Gasteiger charge is -2.32. The van der Waals surface area contributed by atoms with Gasteiger partial charge in [-0.2, -0.15) is 0 Å². The molecule has 0 bridgehead atoms. The van der Waals surface area contributed by atoms with Crippen molar-refractivity contribution >= 4 is 49.1 Å². The molecule has 10 nitrogen and oxygen atoms in total. The Hall–Kier alpha value is -2.71. The van der Waals surface area contributed by atoms with E-state index in [1.54, 1.807) is 17.9 Å². The van der Waals surface area contributed by atoms with Gasteiger partial charge < -0.3 is 19.7 Å². The number of rotatable bonds is 11. The van der Waals surface area contributed by atoms with Crippen LogP contribution in [0.25, 0.3) is 5.69 Å². The highest BCUT2D eigenvalue weighted by Crippen LogP contribution is 2.31. The molecule has 15 heteroatoms. The average molecular weight is 707 g/mol. The molecule has 0 radical (unpaired) electrons. The van der Waals surface area contributed by atoms with Crippen molar-refractivity contribution in [3.05, 3.63) is 71.3 Å². The number of hydrogen-bond acceptors (Lipinski definition) is 7. The van der Waals surface area contributed by atoms with E-state index in [-0.39, 0.29) is 49.2 Å². The van der Waals surface area contributed by atoms with E-state index in [2.05, 4.69) is 32.4 Å². The van der Waals surface area contributed by atoms with Gasteiger partial charge in [0.2, 0.25) is 5.88 Å². The lowest BCUT2D eigenvalue weighted by molar-refractivity contribution is 0.132. The van der Waals surface area contributed by atoms with E-state index in [4.69, 9.17) is 14.6 Å². The third kappa shape index (κ3) is 9.90. The highest BCUT2D eigenvalue weighted by molar-refractivity contribution is 5.90. The Bertz CT molecular complexity index is 1380. The van der Waals surface area contributed by atoms with Crippen molar-refractivity contribution in [2.45, 2.75) is 18.9 Å². The zero-order valence-corrected chi connectivity index (χ0v) is 28.7. The first-order valence-corrected chi connectivity index (χ1v) is 14.7. The van der Waals surface area contributed by atoms with E-state index in [1.807, 2.05) is 37.3 Å². The SMILES string of the molecule is COCCN1C[C@@H](NC(=O)Nc2c(C)c(OCCN3CCN(C)CC3)nn2-c2ccccc2)[C@H](c2ccc(F)c(F)c2)C1.Cl.Cl.Cl. The van der Waals surface area contributed by atoms with Crippen molar-refractivity contribution in [1.29, 1.82) is 0 Å². The Labute approximate surface area is 288 Å². The Morgan fingerprint density at radius 1 is 0.935 bits per heavy atom. The number of amides is 2. The number of nitrogens with one attached hydrogen (secondary N) is 2. The molecule has 0 aliphatic carbocycles. The molecule has 2 saturated heterocycles. The van der Waals surface area contributed by atoms with Gasteiger partial charge in [0, 0.05) is 65.4 Å². The third-order valence-corrected chi connectivity index (χ3v) is 8.25. The normalized spacial score (nSPS) is 18.6. The minimum Gasteiger partial charge on any atom is -0.475 e. The molecule has 3 aromatic rings. The van der Waals surface area contributed by atoms with Crippen LogP contribution >= 0.6 is 37.2 Å². The fourth-order valence-corrected chi connectivity index (χ4v) is 5.69. The van der Waals surface area contributed by atoms with Crippen LogP contribution in [0.2, 0.25) is 0 Å². The molecule has 2 N–H and O–H groups in total. The number of carbonyl (C=O) groups is 1. The third-order valence-electron chi connectivity index (χ3n) is 8.25. The Morgan fingerprint density at radius 2 is 1.63 bits per heavy atom. The number of methoxy groups -OCH3 is 1. The zero-order chi connectivity index (χ0) is 30.3. The summed E-state index contributed by atoms with van der Waals surface area (Å²) >= 11 is 0. The van der Waals surface area contributed by atoms with Crippen LogP contribution in [-0.2, 0) is 4.74 Å². The summed E-state index contributed by atoms with van der Waals surface area (Å²) in [6, 6.07) is 12.7. The van der Waals surface area contributed by atoms with Crippen LogP contribution in [0.4, 0.5) is 19.4 Å². The molecule has 46 heavy (non-hydrogen) atoms. The maximum absolute atomic E-state index is 14.1. The molecule has 0 unspecified atom stereocenters. The first kappa shape index (κ1) is 39.5. The van der Waals surface area contributed by atoms with Crippen molar-refractivity contribution in [2.24, 2.45) is 0 Å². The zero-order valence-electron chi connectivity index (χ0n) is 26.3. The van der Waals surface area contributed by atoms with Crippen molar-refractivity contribution < 1.29 is 23.0 Å². The maximum atomic E-state index is 14.1. The number of hydrogen-bond donors (Lipinski definition) is 2. The topological polar surface area (TPSA) is 87.1 Å². The molecule has 2 fully saturated rings. The number of piperazine rings is 1. The summed E-state index contributed by atoms with van der Waals surface area (Å²) in [6.07, 6.45) is 0. The van der Waals surface area contributed by atoms with Gasteiger partial charge in [0.15, 0.2) is 11.6 Å². The summed E-state index contributed by atoms with van der Waals surface area (Å²) in [5, 5.41) is 10.8. The van der Waals surface area contributed by atoms with E-state index in [0.717, 1.165) is 44.5 Å².